The van der Waals surface area contributed by atoms with Crippen molar-refractivity contribution >= 4 is 24.3 Å². The van der Waals surface area contributed by atoms with Crippen LogP contribution < -0.4 is 23.7 Å². The zero-order chi connectivity index (χ0) is 39.1. The lowest BCUT2D eigenvalue weighted by atomic mass is 10.2. The van der Waals surface area contributed by atoms with Gasteiger partial charge in [0.2, 0.25) is 0 Å². The predicted molar refractivity (Wildman–Crippen MR) is 214 cm³/mol. The van der Waals surface area contributed by atoms with E-state index in [0.29, 0.717) is 23.2 Å². The highest BCUT2D eigenvalue weighted by Gasteiger charge is 2.02. The monoisotopic (exact) mass is 745 g/mol. The second-order valence-corrected chi connectivity index (χ2v) is 10.7. The van der Waals surface area contributed by atoms with Gasteiger partial charge in [0.1, 0.15) is 58.6 Å². The lowest BCUT2D eigenvalue weighted by Gasteiger charge is -2.06. The minimum absolute atomic E-state index is 0. The molecule has 0 aliphatic rings. The van der Waals surface area contributed by atoms with Gasteiger partial charge in [-0.25, -0.2) is 0 Å². The number of hydrogen-bond acceptors (Lipinski definition) is 10. The summed E-state index contributed by atoms with van der Waals surface area (Å²) < 4.78 is 26.3. The molecular weight excluding hydrogens is 702 g/mol. The number of phenolic OH excluding ortho intramolecular Hbond substituents is 1. The normalized spacial score (nSPS) is 9.29. The fourth-order valence-corrected chi connectivity index (χ4v) is 4.10. The number of rotatable bonds is 11. The molecule has 6 rings (SSSR count). The minimum atomic E-state index is -0.505. The molecule has 11 nitrogen and oxygen atoms in total. The van der Waals surface area contributed by atoms with E-state index >= 15 is 0 Å². The highest BCUT2D eigenvalue weighted by atomic mass is 16.6. The molecule has 284 valence electrons. The second kappa shape index (κ2) is 24.0. The maximum Gasteiger partial charge on any atom is 0.269 e. The van der Waals surface area contributed by atoms with E-state index in [4.69, 9.17) is 28.8 Å². The van der Waals surface area contributed by atoms with Crippen LogP contribution in [0.1, 0.15) is 33.7 Å². The van der Waals surface area contributed by atoms with Crippen LogP contribution in [-0.4, -0.2) is 43.9 Å². The molecule has 6 aromatic rings. The van der Waals surface area contributed by atoms with Gasteiger partial charge in [-0.2, -0.15) is 0 Å². The van der Waals surface area contributed by atoms with E-state index < -0.39 is 4.92 Å². The van der Waals surface area contributed by atoms with Crippen LogP contribution in [0.25, 0.3) is 6.08 Å². The summed E-state index contributed by atoms with van der Waals surface area (Å²) in [5.74, 6) is 5.64. The van der Waals surface area contributed by atoms with Gasteiger partial charge in [-0.15, -0.1) is 0 Å². The number of nitrogens with zero attached hydrogens (tertiary/aromatic N) is 1. The summed E-state index contributed by atoms with van der Waals surface area (Å²) in [7, 11) is 4.85. The van der Waals surface area contributed by atoms with Gasteiger partial charge in [0.05, 0.1) is 26.3 Å². The predicted octanol–water partition coefficient (Wildman–Crippen LogP) is 10.9. The van der Waals surface area contributed by atoms with Crippen molar-refractivity contribution in [3.05, 3.63) is 179 Å². The Kier molecular flexibility index (Phi) is 19.1. The Hall–Kier alpha value is -7.40. The number of carbonyl (C=O) groups is 2. The summed E-state index contributed by atoms with van der Waals surface area (Å²) in [6, 6.07) is 41.5. The fourth-order valence-electron chi connectivity index (χ4n) is 4.10. The van der Waals surface area contributed by atoms with Crippen LogP contribution in [0.2, 0.25) is 0 Å². The van der Waals surface area contributed by atoms with Crippen LogP contribution in [0.15, 0.2) is 152 Å². The SMILES string of the molecule is C.C=Cc1ccc(Oc2ccc(OC)cc2)cc1.COc1ccc(O)cc1.COc1ccc(Oc2ccc(C=O)cc2)cc1.O=Cc1ccc([N+](=O)[O-])cc1. The molecule has 55 heavy (non-hydrogen) atoms. The molecule has 0 amide bonds. The fraction of sp³-hybridized carbons (Fsp3) is 0.0909. The molecule has 0 aliphatic carbocycles. The first-order valence-corrected chi connectivity index (χ1v) is 16.1. The molecule has 6 aromatic carbocycles. The van der Waals surface area contributed by atoms with E-state index in [-0.39, 0.29) is 18.9 Å². The third-order valence-electron chi connectivity index (χ3n) is 7.03. The topological polar surface area (TPSA) is 144 Å². The molecule has 0 spiro atoms. The highest BCUT2D eigenvalue weighted by Crippen LogP contribution is 2.25. The van der Waals surface area contributed by atoms with E-state index in [1.807, 2.05) is 72.8 Å². The molecule has 0 unspecified atom stereocenters. The number of hydrogen-bond donors (Lipinski definition) is 1. The highest BCUT2D eigenvalue weighted by molar-refractivity contribution is 5.75. The van der Waals surface area contributed by atoms with Crippen molar-refractivity contribution in [2.24, 2.45) is 0 Å². The van der Waals surface area contributed by atoms with E-state index in [0.717, 1.165) is 46.3 Å². The largest absolute Gasteiger partial charge is 0.508 e. The Morgan fingerprint density at radius 3 is 1.05 bits per heavy atom. The van der Waals surface area contributed by atoms with Crippen molar-refractivity contribution < 1.29 is 43.3 Å². The van der Waals surface area contributed by atoms with E-state index in [2.05, 4.69) is 6.58 Å². The molecule has 0 saturated heterocycles. The van der Waals surface area contributed by atoms with Gasteiger partial charge < -0.3 is 28.8 Å². The third kappa shape index (κ3) is 15.8. The number of benzene rings is 6. The lowest BCUT2D eigenvalue weighted by molar-refractivity contribution is -0.384. The zero-order valence-electron chi connectivity index (χ0n) is 29.9. The number of phenols is 1. The summed E-state index contributed by atoms with van der Waals surface area (Å²) in [6.07, 6.45) is 3.25. The summed E-state index contributed by atoms with van der Waals surface area (Å²) in [5, 5.41) is 18.9. The molecule has 0 atom stereocenters. The van der Waals surface area contributed by atoms with Crippen LogP contribution >= 0.6 is 0 Å². The lowest BCUT2D eigenvalue weighted by Crippen LogP contribution is -1.87. The maximum absolute atomic E-state index is 10.5. The van der Waals surface area contributed by atoms with Gasteiger partial charge in [0, 0.05) is 23.3 Å². The van der Waals surface area contributed by atoms with Crippen molar-refractivity contribution in [2.75, 3.05) is 21.3 Å². The number of carbonyl (C=O) groups excluding carboxylic acids is 2. The Labute approximate surface area is 320 Å². The molecule has 11 heteroatoms. The van der Waals surface area contributed by atoms with E-state index in [9.17, 15) is 19.7 Å². The molecule has 0 aliphatic heterocycles. The van der Waals surface area contributed by atoms with E-state index in [1.54, 1.807) is 75.9 Å². The molecule has 0 bridgehead atoms. The first-order chi connectivity index (χ1) is 26.2. The number of methoxy groups -OCH3 is 3. The molecule has 0 aromatic heterocycles. The van der Waals surface area contributed by atoms with Crippen molar-refractivity contribution in [3.63, 3.8) is 0 Å². The number of ether oxygens (including phenoxy) is 5. The average molecular weight is 746 g/mol. The number of aldehydes is 2. The smallest absolute Gasteiger partial charge is 0.269 e. The number of nitro benzene ring substituents is 1. The van der Waals surface area contributed by atoms with Gasteiger partial charge in [-0.3, -0.25) is 19.7 Å². The van der Waals surface area contributed by atoms with Crippen LogP contribution in [0.5, 0.6) is 46.0 Å². The molecule has 0 fully saturated rings. The van der Waals surface area contributed by atoms with Crippen molar-refractivity contribution in [1.29, 1.82) is 0 Å². The van der Waals surface area contributed by atoms with Crippen LogP contribution in [0.4, 0.5) is 5.69 Å². The Bertz CT molecular complexity index is 1910. The maximum atomic E-state index is 10.5. The Balaban J connectivity index is 0.000000260. The molecule has 0 saturated carbocycles. The first-order valence-electron chi connectivity index (χ1n) is 16.1. The molecule has 0 heterocycles. The van der Waals surface area contributed by atoms with Gasteiger partial charge in [0.15, 0.2) is 0 Å². The van der Waals surface area contributed by atoms with Gasteiger partial charge in [-0.05, 0) is 127 Å². The minimum Gasteiger partial charge on any atom is -0.508 e. The van der Waals surface area contributed by atoms with Gasteiger partial charge >= 0.3 is 0 Å². The van der Waals surface area contributed by atoms with Gasteiger partial charge in [-0.1, -0.05) is 32.2 Å². The van der Waals surface area contributed by atoms with E-state index in [1.165, 1.54) is 24.3 Å². The average Bonchev–Trinajstić information content (AvgIpc) is 3.23. The molecule has 0 radical (unpaired) electrons. The zero-order valence-corrected chi connectivity index (χ0v) is 29.9. The summed E-state index contributed by atoms with van der Waals surface area (Å²) in [5.41, 5.74) is 2.14. The van der Waals surface area contributed by atoms with Crippen molar-refractivity contribution in [2.45, 2.75) is 7.43 Å². The Morgan fingerprint density at radius 1 is 0.491 bits per heavy atom. The van der Waals surface area contributed by atoms with Crippen molar-refractivity contribution in [3.8, 4) is 46.0 Å². The number of non-ortho nitro benzene ring substituents is 1. The van der Waals surface area contributed by atoms with Crippen LogP contribution in [0, 0.1) is 10.1 Å². The molecule has 1 N–H and O–H groups in total. The standard InChI is InChI=1S/C15H14O2.C14H12O3.C7H5NO3.C7H8O2.CH4/c1-3-12-4-6-14(7-5-12)17-15-10-8-13(16-2)9-11-15;1-16-12-6-8-14(9-7-12)17-13-4-2-11(10-15)3-5-13;9-5-6-1-3-7(4-2-6)8(10)11;1-9-7-4-2-6(8)3-5-7;/h3-11H,1H2,2H3;2-10H,1H3;1-5H;2-5,8H,1H3;1H4. The first kappa shape index (κ1) is 43.8. The van der Waals surface area contributed by atoms with Crippen LogP contribution in [-0.2, 0) is 0 Å². The quantitative estimate of drug-likeness (QED) is 0.0773. The molecular formula is C44H43NO10. The Morgan fingerprint density at radius 2 is 0.764 bits per heavy atom. The summed E-state index contributed by atoms with van der Waals surface area (Å²) >= 11 is 0. The number of nitro groups is 1. The summed E-state index contributed by atoms with van der Waals surface area (Å²) in [6.45, 7) is 3.71. The second-order valence-electron chi connectivity index (χ2n) is 10.7. The summed E-state index contributed by atoms with van der Waals surface area (Å²) in [4.78, 5) is 30.2. The van der Waals surface area contributed by atoms with Crippen molar-refractivity contribution in [1.82, 2.24) is 0 Å². The van der Waals surface area contributed by atoms with Gasteiger partial charge in [0.25, 0.3) is 5.69 Å². The third-order valence-corrected chi connectivity index (χ3v) is 7.03. The number of aromatic hydroxyl groups is 1. The van der Waals surface area contributed by atoms with Crippen LogP contribution in [0.3, 0.4) is 0 Å².